The first-order chi connectivity index (χ1) is 7.78. The Morgan fingerprint density at radius 1 is 1.53 bits per heavy atom. The predicted molar refractivity (Wildman–Crippen MR) is 68.7 cm³/mol. The van der Waals surface area contributed by atoms with Crippen molar-refractivity contribution in [1.82, 2.24) is 4.90 Å². The van der Waals surface area contributed by atoms with Crippen LogP contribution < -0.4 is 5.73 Å². The third kappa shape index (κ3) is 5.50. The Morgan fingerprint density at radius 2 is 2.18 bits per heavy atom. The summed E-state index contributed by atoms with van der Waals surface area (Å²) in [5.41, 5.74) is 5.69. The number of nitrogens with two attached hydrogens (primary N) is 1. The van der Waals surface area contributed by atoms with Crippen LogP contribution in [0.15, 0.2) is 0 Å². The second-order valence-electron chi connectivity index (χ2n) is 6.12. The van der Waals surface area contributed by atoms with Gasteiger partial charge in [-0.1, -0.05) is 0 Å². The summed E-state index contributed by atoms with van der Waals surface area (Å²) in [6.07, 6.45) is 2.62. The van der Waals surface area contributed by atoms with Gasteiger partial charge in [0, 0.05) is 12.6 Å². The molecule has 0 aromatic carbocycles. The van der Waals surface area contributed by atoms with Crippen LogP contribution in [-0.2, 0) is 9.53 Å². The van der Waals surface area contributed by atoms with Crippen LogP contribution in [0.25, 0.3) is 0 Å². The van der Waals surface area contributed by atoms with E-state index >= 15 is 0 Å². The van der Waals surface area contributed by atoms with E-state index < -0.39 is 5.60 Å². The molecule has 100 valence electrons. The minimum Gasteiger partial charge on any atom is -0.460 e. The molecule has 17 heavy (non-hydrogen) atoms. The molecule has 0 spiro atoms. The molecule has 1 heterocycles. The molecule has 0 bridgehead atoms. The zero-order valence-electron chi connectivity index (χ0n) is 11.5. The third-order valence-electron chi connectivity index (χ3n) is 3.09. The Morgan fingerprint density at radius 3 is 2.71 bits per heavy atom. The summed E-state index contributed by atoms with van der Waals surface area (Å²) in [6.45, 7) is 7.76. The molecule has 1 aliphatic heterocycles. The molecule has 1 fully saturated rings. The number of rotatable bonds is 3. The van der Waals surface area contributed by atoms with Crippen LogP contribution in [0.5, 0.6) is 0 Å². The summed E-state index contributed by atoms with van der Waals surface area (Å²) < 4.78 is 5.29. The molecule has 4 nitrogen and oxygen atoms in total. The Kier molecular flexibility index (Phi) is 4.95. The van der Waals surface area contributed by atoms with Crippen LogP contribution in [-0.4, -0.2) is 42.6 Å². The quantitative estimate of drug-likeness (QED) is 0.760. The molecule has 0 amide bonds. The highest BCUT2D eigenvalue weighted by atomic mass is 16.6. The molecule has 1 aliphatic rings. The minimum atomic E-state index is -0.417. The van der Waals surface area contributed by atoms with Crippen molar-refractivity contribution in [1.29, 1.82) is 0 Å². The Bertz CT molecular complexity index is 261. The Hall–Kier alpha value is -0.610. The average Bonchev–Trinajstić information content (AvgIpc) is 2.14. The van der Waals surface area contributed by atoms with Crippen molar-refractivity contribution in [2.24, 2.45) is 11.7 Å². The van der Waals surface area contributed by atoms with Crippen molar-refractivity contribution < 1.29 is 9.53 Å². The number of piperidine rings is 1. The molecule has 0 radical (unpaired) electrons. The van der Waals surface area contributed by atoms with Gasteiger partial charge in [-0.2, -0.15) is 0 Å². The highest BCUT2D eigenvalue weighted by Crippen LogP contribution is 2.20. The first kappa shape index (κ1) is 14.5. The lowest BCUT2D eigenvalue weighted by atomic mass is 9.89. The maximum Gasteiger partial charge on any atom is 0.307 e. The smallest absolute Gasteiger partial charge is 0.307 e. The minimum absolute atomic E-state index is 0.0763. The van der Waals surface area contributed by atoms with Crippen LogP contribution in [0.3, 0.4) is 0 Å². The number of carbonyl (C=O) groups excluding carboxylic acids is 1. The fourth-order valence-electron chi connectivity index (χ4n) is 2.30. The van der Waals surface area contributed by atoms with Gasteiger partial charge in [0.05, 0.1) is 6.42 Å². The summed E-state index contributed by atoms with van der Waals surface area (Å²) >= 11 is 0. The molecule has 1 saturated heterocycles. The van der Waals surface area contributed by atoms with Gasteiger partial charge in [0.15, 0.2) is 0 Å². The third-order valence-corrected chi connectivity index (χ3v) is 3.09. The highest BCUT2D eigenvalue weighted by molar-refractivity contribution is 5.70. The maximum absolute atomic E-state index is 11.7. The van der Waals surface area contributed by atoms with E-state index in [1.54, 1.807) is 0 Å². The molecule has 1 rings (SSSR count). The first-order valence-electron chi connectivity index (χ1n) is 6.44. The zero-order chi connectivity index (χ0) is 13.1. The normalized spacial score (nSPS) is 24.4. The largest absolute Gasteiger partial charge is 0.460 e. The van der Waals surface area contributed by atoms with Crippen LogP contribution in [0.1, 0.15) is 40.0 Å². The van der Waals surface area contributed by atoms with E-state index in [1.165, 1.54) is 6.42 Å². The van der Waals surface area contributed by atoms with Crippen molar-refractivity contribution in [2.45, 2.75) is 51.7 Å². The molecule has 0 aliphatic carbocycles. The Labute approximate surface area is 104 Å². The number of esters is 1. The standard InChI is InChI=1S/C13H26N2O2/c1-13(2,3)17-12(16)8-11(14)10-6-5-7-15(4)9-10/h10-11H,5-9,14H2,1-4H3. The van der Waals surface area contributed by atoms with E-state index in [9.17, 15) is 4.79 Å². The molecule has 0 saturated carbocycles. The number of hydrogen-bond acceptors (Lipinski definition) is 4. The number of carbonyl (C=O) groups is 1. The van der Waals surface area contributed by atoms with Crippen LogP contribution in [0.4, 0.5) is 0 Å². The SMILES string of the molecule is CN1CCCC(C(N)CC(=O)OC(C)(C)C)C1. The van der Waals surface area contributed by atoms with Gasteiger partial charge in [-0.05, 0) is 53.1 Å². The topological polar surface area (TPSA) is 55.6 Å². The molecule has 2 N–H and O–H groups in total. The number of hydrogen-bond donors (Lipinski definition) is 1. The van der Waals surface area contributed by atoms with Gasteiger partial charge in [0.25, 0.3) is 0 Å². The molecule has 0 aromatic heterocycles. The van der Waals surface area contributed by atoms with Crippen molar-refractivity contribution in [3.05, 3.63) is 0 Å². The summed E-state index contributed by atoms with van der Waals surface area (Å²) in [5, 5.41) is 0. The highest BCUT2D eigenvalue weighted by Gasteiger charge is 2.26. The summed E-state index contributed by atoms with van der Waals surface area (Å²) in [7, 11) is 2.10. The van der Waals surface area contributed by atoms with Crippen molar-refractivity contribution >= 4 is 5.97 Å². The lowest BCUT2D eigenvalue weighted by Gasteiger charge is -2.33. The maximum atomic E-state index is 11.7. The fourth-order valence-corrected chi connectivity index (χ4v) is 2.30. The van der Waals surface area contributed by atoms with Crippen LogP contribution in [0, 0.1) is 5.92 Å². The molecular formula is C13H26N2O2. The second kappa shape index (κ2) is 5.83. The van der Waals surface area contributed by atoms with Gasteiger partial charge in [0.2, 0.25) is 0 Å². The summed E-state index contributed by atoms with van der Waals surface area (Å²) in [4.78, 5) is 14.0. The number of likely N-dealkylation sites (tertiary alicyclic amines) is 1. The molecule has 4 heteroatoms. The van der Waals surface area contributed by atoms with Crippen molar-refractivity contribution in [3.63, 3.8) is 0 Å². The first-order valence-corrected chi connectivity index (χ1v) is 6.44. The van der Waals surface area contributed by atoms with Gasteiger partial charge in [-0.25, -0.2) is 0 Å². The van der Waals surface area contributed by atoms with Gasteiger partial charge in [-0.15, -0.1) is 0 Å². The van der Waals surface area contributed by atoms with Gasteiger partial charge < -0.3 is 15.4 Å². The lowest BCUT2D eigenvalue weighted by molar-refractivity contribution is -0.155. The lowest BCUT2D eigenvalue weighted by Crippen LogP contribution is -2.43. The van der Waals surface area contributed by atoms with E-state index in [1.807, 2.05) is 20.8 Å². The molecule has 2 unspecified atom stereocenters. The fraction of sp³-hybridized carbons (Fsp3) is 0.923. The monoisotopic (exact) mass is 242 g/mol. The zero-order valence-corrected chi connectivity index (χ0v) is 11.5. The second-order valence-corrected chi connectivity index (χ2v) is 6.12. The molecular weight excluding hydrogens is 216 g/mol. The van der Waals surface area contributed by atoms with Crippen LogP contribution in [0.2, 0.25) is 0 Å². The van der Waals surface area contributed by atoms with Gasteiger partial charge in [-0.3, -0.25) is 4.79 Å². The summed E-state index contributed by atoms with van der Waals surface area (Å²) in [5.74, 6) is 0.236. The van der Waals surface area contributed by atoms with Crippen molar-refractivity contribution in [2.75, 3.05) is 20.1 Å². The van der Waals surface area contributed by atoms with E-state index in [-0.39, 0.29) is 12.0 Å². The van der Waals surface area contributed by atoms with E-state index in [4.69, 9.17) is 10.5 Å². The van der Waals surface area contributed by atoms with E-state index in [0.717, 1.165) is 19.5 Å². The summed E-state index contributed by atoms with van der Waals surface area (Å²) in [6, 6.07) is -0.0763. The predicted octanol–water partition coefficient (Wildman–Crippen LogP) is 1.39. The van der Waals surface area contributed by atoms with E-state index in [0.29, 0.717) is 12.3 Å². The average molecular weight is 242 g/mol. The molecule has 2 atom stereocenters. The number of ether oxygens (including phenoxy) is 1. The number of nitrogens with zero attached hydrogens (tertiary/aromatic N) is 1. The van der Waals surface area contributed by atoms with Gasteiger partial charge >= 0.3 is 5.97 Å². The van der Waals surface area contributed by atoms with E-state index in [2.05, 4.69) is 11.9 Å². The van der Waals surface area contributed by atoms with Crippen LogP contribution >= 0.6 is 0 Å². The van der Waals surface area contributed by atoms with Gasteiger partial charge in [0.1, 0.15) is 5.60 Å². The van der Waals surface area contributed by atoms with Crippen molar-refractivity contribution in [3.8, 4) is 0 Å². The Balaban J connectivity index is 2.37. The molecule has 0 aromatic rings.